The zero-order valence-corrected chi connectivity index (χ0v) is 34.7. The topological polar surface area (TPSA) is 72.8 Å². The number of esters is 2. The van der Waals surface area contributed by atoms with E-state index in [1.165, 1.54) is 57.8 Å². The van der Waals surface area contributed by atoms with Crippen molar-refractivity contribution in [1.29, 1.82) is 0 Å². The highest BCUT2D eigenvalue weighted by molar-refractivity contribution is 5.70. The van der Waals surface area contributed by atoms with Crippen molar-refractivity contribution in [1.82, 2.24) is 0 Å². The average molecular weight is 749 g/mol. The second kappa shape index (κ2) is 44.2. The number of ether oxygens (including phenoxy) is 2. The highest BCUT2D eigenvalue weighted by Crippen LogP contribution is 2.12. The van der Waals surface area contributed by atoms with Gasteiger partial charge < -0.3 is 14.6 Å². The molecule has 0 rings (SSSR count). The Hall–Kier alpha value is -3.18. The summed E-state index contributed by atoms with van der Waals surface area (Å²) < 4.78 is 10.6. The van der Waals surface area contributed by atoms with E-state index in [2.05, 4.69) is 111 Å². The molecular formula is C49H80O5. The fraction of sp³-hybridized carbons (Fsp3) is 0.633. The molecule has 0 bridgehead atoms. The lowest BCUT2D eigenvalue weighted by Gasteiger charge is -2.15. The summed E-state index contributed by atoms with van der Waals surface area (Å²) >= 11 is 0. The number of unbranched alkanes of at least 4 members (excludes halogenated alkanes) is 14. The van der Waals surface area contributed by atoms with Crippen LogP contribution in [0.2, 0.25) is 0 Å². The van der Waals surface area contributed by atoms with Crippen LogP contribution in [0.15, 0.2) is 97.2 Å². The van der Waals surface area contributed by atoms with Crippen molar-refractivity contribution in [3.05, 3.63) is 97.2 Å². The number of carbonyl (C=O) groups is 2. The Kier molecular flexibility index (Phi) is 41.6. The zero-order chi connectivity index (χ0) is 39.3. The summed E-state index contributed by atoms with van der Waals surface area (Å²) in [6, 6.07) is 0. The van der Waals surface area contributed by atoms with E-state index < -0.39 is 6.10 Å². The summed E-state index contributed by atoms with van der Waals surface area (Å²) in [6.07, 6.45) is 61.9. The first kappa shape index (κ1) is 50.8. The van der Waals surface area contributed by atoms with E-state index >= 15 is 0 Å². The fourth-order valence-corrected chi connectivity index (χ4v) is 5.57. The van der Waals surface area contributed by atoms with E-state index in [-0.39, 0.29) is 25.2 Å². The maximum Gasteiger partial charge on any atom is 0.306 e. The van der Waals surface area contributed by atoms with Gasteiger partial charge in [-0.05, 0) is 89.9 Å². The van der Waals surface area contributed by atoms with E-state index in [1.54, 1.807) is 0 Å². The van der Waals surface area contributed by atoms with Gasteiger partial charge in [-0.1, -0.05) is 175 Å². The summed E-state index contributed by atoms with van der Waals surface area (Å²) in [5.74, 6) is -0.624. The van der Waals surface area contributed by atoms with E-state index in [0.29, 0.717) is 12.8 Å². The van der Waals surface area contributed by atoms with Crippen LogP contribution in [-0.2, 0) is 19.1 Å². The Labute approximate surface area is 332 Å². The number of rotatable bonds is 38. The molecule has 0 saturated carbocycles. The number of aliphatic hydroxyl groups excluding tert-OH is 1. The van der Waals surface area contributed by atoms with Crippen molar-refractivity contribution >= 4 is 11.9 Å². The van der Waals surface area contributed by atoms with Gasteiger partial charge in [0.2, 0.25) is 0 Å². The molecule has 5 heteroatoms. The highest BCUT2D eigenvalue weighted by Gasteiger charge is 2.16. The van der Waals surface area contributed by atoms with Gasteiger partial charge in [0.15, 0.2) is 6.10 Å². The second-order valence-corrected chi connectivity index (χ2v) is 14.0. The van der Waals surface area contributed by atoms with Gasteiger partial charge in [0.25, 0.3) is 0 Å². The molecule has 0 aromatic heterocycles. The van der Waals surface area contributed by atoms with Crippen LogP contribution in [0.4, 0.5) is 0 Å². The highest BCUT2D eigenvalue weighted by atomic mass is 16.6. The first-order valence-electron chi connectivity index (χ1n) is 21.8. The monoisotopic (exact) mass is 749 g/mol. The number of hydrogen-bond acceptors (Lipinski definition) is 5. The van der Waals surface area contributed by atoms with Crippen molar-refractivity contribution in [3.8, 4) is 0 Å². The predicted molar refractivity (Wildman–Crippen MR) is 232 cm³/mol. The first-order valence-corrected chi connectivity index (χ1v) is 21.8. The Balaban J connectivity index is 3.62. The maximum absolute atomic E-state index is 12.2. The molecule has 0 heterocycles. The van der Waals surface area contributed by atoms with Gasteiger partial charge in [-0.3, -0.25) is 9.59 Å². The Morgan fingerprint density at radius 3 is 1.22 bits per heavy atom. The van der Waals surface area contributed by atoms with E-state index in [9.17, 15) is 14.7 Å². The van der Waals surface area contributed by atoms with Crippen molar-refractivity contribution < 1.29 is 24.2 Å². The van der Waals surface area contributed by atoms with E-state index in [4.69, 9.17) is 9.47 Å². The molecule has 0 aromatic carbocycles. The lowest BCUT2D eigenvalue weighted by molar-refractivity contribution is -0.161. The summed E-state index contributed by atoms with van der Waals surface area (Å²) in [5, 5.41) is 9.56. The lowest BCUT2D eigenvalue weighted by atomic mass is 10.1. The standard InChI is InChI=1S/C49H80O5/c1-3-5-7-9-11-13-15-16-17-18-19-20-21-22-23-24-25-26-27-28-29-30-31-32-34-36-38-40-42-44-49(52)54-47(45-50)46-53-48(51)43-41-39-37-35-33-14-12-10-8-6-4-2/h5,7,10-13,16-17,19-20,22-23,25-26,28-29,47,50H,3-4,6,8-9,14-15,18,21,24,27,30-46H2,1-2H3/b7-5-,12-10-,13-11-,17-16-,20-19-,23-22-,26-25-,29-28-. The molecule has 1 N–H and O–H groups in total. The minimum atomic E-state index is -0.786. The van der Waals surface area contributed by atoms with E-state index in [0.717, 1.165) is 96.3 Å². The van der Waals surface area contributed by atoms with Crippen molar-refractivity contribution in [2.45, 2.75) is 187 Å². The van der Waals surface area contributed by atoms with Crippen LogP contribution in [0.1, 0.15) is 181 Å². The van der Waals surface area contributed by atoms with Crippen molar-refractivity contribution in [3.63, 3.8) is 0 Å². The second-order valence-electron chi connectivity index (χ2n) is 14.0. The molecule has 0 aliphatic heterocycles. The van der Waals surface area contributed by atoms with Crippen LogP contribution in [0.5, 0.6) is 0 Å². The van der Waals surface area contributed by atoms with Crippen LogP contribution in [0, 0.1) is 0 Å². The quantitative estimate of drug-likeness (QED) is 0.0387. The molecule has 0 amide bonds. The SMILES string of the molecule is CC/C=C\C/C=C\C/C=C\C/C=C\C/C=C\C/C=C\C/C=C\CCCCCCCCCC(=O)OC(CO)COC(=O)CCCCCCC/C=C\CCCC. The minimum Gasteiger partial charge on any atom is -0.462 e. The van der Waals surface area contributed by atoms with Crippen LogP contribution < -0.4 is 0 Å². The fourth-order valence-electron chi connectivity index (χ4n) is 5.57. The number of aliphatic hydroxyl groups is 1. The number of hydrogen-bond donors (Lipinski definition) is 1. The third-order valence-electron chi connectivity index (χ3n) is 8.86. The van der Waals surface area contributed by atoms with Gasteiger partial charge in [0.05, 0.1) is 6.61 Å². The molecule has 0 fully saturated rings. The minimum absolute atomic E-state index is 0.0802. The average Bonchev–Trinajstić information content (AvgIpc) is 3.17. The predicted octanol–water partition coefficient (Wildman–Crippen LogP) is 14.1. The van der Waals surface area contributed by atoms with Gasteiger partial charge in [-0.2, -0.15) is 0 Å². The Morgan fingerprint density at radius 2 is 0.796 bits per heavy atom. The molecule has 5 nitrogen and oxygen atoms in total. The Morgan fingerprint density at radius 1 is 0.444 bits per heavy atom. The normalized spacial score (nSPS) is 13.2. The summed E-state index contributed by atoms with van der Waals surface area (Å²) in [4.78, 5) is 24.3. The molecule has 0 aliphatic carbocycles. The largest absolute Gasteiger partial charge is 0.462 e. The first-order chi connectivity index (χ1) is 26.6. The third kappa shape index (κ3) is 41.6. The molecule has 0 aromatic rings. The molecular weight excluding hydrogens is 669 g/mol. The maximum atomic E-state index is 12.2. The van der Waals surface area contributed by atoms with E-state index in [1.807, 2.05) is 0 Å². The van der Waals surface area contributed by atoms with Crippen molar-refractivity contribution in [2.24, 2.45) is 0 Å². The van der Waals surface area contributed by atoms with Crippen LogP contribution in [-0.4, -0.2) is 36.4 Å². The molecule has 54 heavy (non-hydrogen) atoms. The Bertz CT molecular complexity index is 1070. The lowest BCUT2D eigenvalue weighted by Crippen LogP contribution is -2.28. The number of allylic oxidation sites excluding steroid dienone is 16. The van der Waals surface area contributed by atoms with Crippen LogP contribution in [0.3, 0.4) is 0 Å². The molecule has 306 valence electrons. The molecule has 0 spiro atoms. The van der Waals surface area contributed by atoms with Crippen molar-refractivity contribution in [2.75, 3.05) is 13.2 Å². The summed E-state index contributed by atoms with van der Waals surface area (Å²) in [7, 11) is 0. The van der Waals surface area contributed by atoms with Gasteiger partial charge in [-0.25, -0.2) is 0 Å². The molecule has 1 unspecified atom stereocenters. The smallest absolute Gasteiger partial charge is 0.306 e. The molecule has 0 aliphatic rings. The third-order valence-corrected chi connectivity index (χ3v) is 8.86. The van der Waals surface area contributed by atoms with Gasteiger partial charge in [0, 0.05) is 12.8 Å². The summed E-state index contributed by atoms with van der Waals surface area (Å²) in [6.45, 7) is 3.95. The van der Waals surface area contributed by atoms with Crippen LogP contribution >= 0.6 is 0 Å². The van der Waals surface area contributed by atoms with Crippen LogP contribution in [0.25, 0.3) is 0 Å². The summed E-state index contributed by atoms with van der Waals surface area (Å²) in [5.41, 5.74) is 0. The van der Waals surface area contributed by atoms with Gasteiger partial charge in [-0.15, -0.1) is 0 Å². The van der Waals surface area contributed by atoms with Gasteiger partial charge >= 0.3 is 11.9 Å². The molecule has 1 atom stereocenters. The molecule has 0 radical (unpaired) electrons. The number of carbonyl (C=O) groups excluding carboxylic acids is 2. The zero-order valence-electron chi connectivity index (χ0n) is 34.7. The van der Waals surface area contributed by atoms with Gasteiger partial charge in [0.1, 0.15) is 6.61 Å². The molecule has 0 saturated heterocycles.